The fourth-order valence-electron chi connectivity index (χ4n) is 2.32. The average molecular weight is 363 g/mol. The Bertz CT molecular complexity index is 764. The highest BCUT2D eigenvalue weighted by Crippen LogP contribution is 2.34. The second-order valence-corrected chi connectivity index (χ2v) is 6.81. The lowest BCUT2D eigenvalue weighted by Gasteiger charge is -2.15. The molecule has 1 heterocycles. The van der Waals surface area contributed by atoms with Crippen molar-refractivity contribution in [3.63, 3.8) is 0 Å². The summed E-state index contributed by atoms with van der Waals surface area (Å²) in [6.07, 6.45) is -0.556. The summed E-state index contributed by atoms with van der Waals surface area (Å²) >= 11 is 5.10. The predicted molar refractivity (Wildman–Crippen MR) is 90.9 cm³/mol. The quantitative estimate of drug-likeness (QED) is 0.682. The zero-order valence-corrected chi connectivity index (χ0v) is 13.9. The molecule has 0 aliphatic rings. The molecule has 0 radical (unpaired) electrons. The molecule has 3 aromatic rings. The molecule has 0 fully saturated rings. The van der Waals surface area contributed by atoms with Gasteiger partial charge < -0.3 is 9.84 Å². The Labute approximate surface area is 136 Å². The zero-order valence-electron chi connectivity index (χ0n) is 11.5. The van der Waals surface area contributed by atoms with Crippen molar-refractivity contribution in [1.29, 1.82) is 0 Å². The number of thiophene rings is 1. The van der Waals surface area contributed by atoms with Crippen molar-refractivity contribution in [2.75, 3.05) is 0 Å². The lowest BCUT2D eigenvalue weighted by Crippen LogP contribution is -2.01. The molecule has 2 aromatic carbocycles. The van der Waals surface area contributed by atoms with Crippen LogP contribution in [0.15, 0.2) is 52.3 Å². The van der Waals surface area contributed by atoms with E-state index in [1.807, 2.05) is 35.7 Å². The van der Waals surface area contributed by atoms with Gasteiger partial charge in [0, 0.05) is 25.7 Å². The number of rotatable bonds is 4. The largest absolute Gasteiger partial charge is 0.487 e. The van der Waals surface area contributed by atoms with Gasteiger partial charge in [0.1, 0.15) is 12.4 Å². The van der Waals surface area contributed by atoms with Gasteiger partial charge in [0.05, 0.1) is 6.10 Å². The maximum Gasteiger partial charge on any atom is 0.133 e. The van der Waals surface area contributed by atoms with Crippen LogP contribution in [0.5, 0.6) is 5.75 Å². The zero-order chi connectivity index (χ0) is 14.8. The Morgan fingerprint density at radius 3 is 2.76 bits per heavy atom. The van der Waals surface area contributed by atoms with E-state index in [2.05, 4.69) is 28.1 Å². The summed E-state index contributed by atoms with van der Waals surface area (Å²) in [5, 5.41) is 14.2. The predicted octanol–water partition coefficient (Wildman–Crippen LogP) is 5.30. The van der Waals surface area contributed by atoms with Gasteiger partial charge in [0.15, 0.2) is 0 Å². The number of fused-ring (bicyclic) bond motifs is 1. The van der Waals surface area contributed by atoms with E-state index in [9.17, 15) is 5.11 Å². The summed E-state index contributed by atoms with van der Waals surface area (Å²) in [6, 6.07) is 14.1. The molecule has 0 unspecified atom stereocenters. The van der Waals surface area contributed by atoms with Gasteiger partial charge >= 0.3 is 0 Å². The van der Waals surface area contributed by atoms with Gasteiger partial charge in [-0.25, -0.2) is 0 Å². The molecular formula is C17H15BrO2S. The number of halogens is 1. The number of ether oxygens (including phenoxy) is 1. The first kappa shape index (κ1) is 14.6. The first-order valence-corrected chi connectivity index (χ1v) is 8.38. The minimum atomic E-state index is -0.556. The van der Waals surface area contributed by atoms with Crippen molar-refractivity contribution in [1.82, 2.24) is 0 Å². The number of benzene rings is 2. The van der Waals surface area contributed by atoms with Crippen molar-refractivity contribution < 1.29 is 9.84 Å². The Hall–Kier alpha value is -1.36. The fourth-order valence-corrected chi connectivity index (χ4v) is 3.68. The lowest BCUT2D eigenvalue weighted by atomic mass is 10.0. The highest BCUT2D eigenvalue weighted by Gasteiger charge is 2.13. The van der Waals surface area contributed by atoms with Crippen LogP contribution in [0.1, 0.15) is 23.5 Å². The van der Waals surface area contributed by atoms with Crippen LogP contribution in [0.4, 0.5) is 0 Å². The van der Waals surface area contributed by atoms with E-state index < -0.39 is 6.10 Å². The Kier molecular flexibility index (Phi) is 4.29. The van der Waals surface area contributed by atoms with Gasteiger partial charge in [0.2, 0.25) is 0 Å². The van der Waals surface area contributed by atoms with Crippen LogP contribution in [0.25, 0.3) is 10.8 Å². The molecule has 1 aromatic heterocycles. The highest BCUT2D eigenvalue weighted by atomic mass is 79.9. The van der Waals surface area contributed by atoms with Crippen LogP contribution >= 0.6 is 27.3 Å². The summed E-state index contributed by atoms with van der Waals surface area (Å²) in [6.45, 7) is 2.27. The van der Waals surface area contributed by atoms with E-state index in [-0.39, 0.29) is 0 Å². The first-order valence-electron chi connectivity index (χ1n) is 6.70. The van der Waals surface area contributed by atoms with Crippen molar-refractivity contribution in [2.45, 2.75) is 19.6 Å². The second-order valence-electron chi connectivity index (χ2n) is 4.90. The molecule has 0 saturated heterocycles. The van der Waals surface area contributed by atoms with E-state index >= 15 is 0 Å². The molecule has 0 aliphatic carbocycles. The third-order valence-corrected chi connectivity index (χ3v) is 5.01. The fraction of sp³-hybridized carbons (Fsp3) is 0.176. The van der Waals surface area contributed by atoms with Crippen LogP contribution in [0.2, 0.25) is 0 Å². The second kappa shape index (κ2) is 6.18. The molecule has 1 atom stereocenters. The lowest BCUT2D eigenvalue weighted by molar-refractivity contribution is 0.191. The monoisotopic (exact) mass is 362 g/mol. The molecule has 2 nitrogen and oxygen atoms in total. The van der Waals surface area contributed by atoms with Crippen LogP contribution in [-0.2, 0) is 6.61 Å². The van der Waals surface area contributed by atoms with Crippen LogP contribution < -0.4 is 4.74 Å². The maximum absolute atomic E-state index is 9.98. The minimum Gasteiger partial charge on any atom is -0.487 e. The van der Waals surface area contributed by atoms with Crippen molar-refractivity contribution in [3.05, 3.63) is 62.8 Å². The van der Waals surface area contributed by atoms with Crippen molar-refractivity contribution >= 4 is 38.0 Å². The normalized spacial score (nSPS) is 12.5. The van der Waals surface area contributed by atoms with E-state index in [0.29, 0.717) is 6.61 Å². The molecule has 4 heteroatoms. The number of hydrogen-bond acceptors (Lipinski definition) is 3. The Balaban J connectivity index is 1.99. The van der Waals surface area contributed by atoms with Crippen LogP contribution in [-0.4, -0.2) is 5.11 Å². The molecule has 0 amide bonds. The molecule has 21 heavy (non-hydrogen) atoms. The number of aliphatic hydroxyl groups is 1. The molecule has 0 aliphatic heterocycles. The van der Waals surface area contributed by atoms with Crippen LogP contribution in [0.3, 0.4) is 0 Å². The van der Waals surface area contributed by atoms with Crippen molar-refractivity contribution in [3.8, 4) is 5.75 Å². The molecule has 0 saturated carbocycles. The smallest absolute Gasteiger partial charge is 0.133 e. The topological polar surface area (TPSA) is 29.5 Å². The summed E-state index contributed by atoms with van der Waals surface area (Å²) < 4.78 is 7.11. The summed E-state index contributed by atoms with van der Waals surface area (Å²) in [4.78, 5) is 1.14. The van der Waals surface area contributed by atoms with Gasteiger partial charge in [-0.1, -0.05) is 36.4 Å². The van der Waals surface area contributed by atoms with Gasteiger partial charge in [-0.05, 0) is 34.3 Å². The van der Waals surface area contributed by atoms with E-state index in [0.717, 1.165) is 31.4 Å². The highest BCUT2D eigenvalue weighted by molar-refractivity contribution is 9.10. The summed E-state index contributed by atoms with van der Waals surface area (Å²) in [7, 11) is 0. The summed E-state index contributed by atoms with van der Waals surface area (Å²) in [5.41, 5.74) is 0.823. The Morgan fingerprint density at radius 2 is 2.05 bits per heavy atom. The van der Waals surface area contributed by atoms with Gasteiger partial charge in [-0.2, -0.15) is 0 Å². The van der Waals surface area contributed by atoms with Crippen molar-refractivity contribution in [2.24, 2.45) is 0 Å². The molecule has 0 bridgehead atoms. The van der Waals surface area contributed by atoms with Gasteiger partial charge in [-0.15, -0.1) is 11.3 Å². The standard InChI is InChI=1S/C17H15BrO2S/c1-11(19)15-7-6-12-4-2-3-5-16(12)17(15)20-9-14-8-13(18)10-21-14/h2-8,10-11,19H,9H2,1H3/t11-/m1/s1. The average Bonchev–Trinajstić information content (AvgIpc) is 2.90. The van der Waals surface area contributed by atoms with Gasteiger partial charge in [-0.3, -0.25) is 0 Å². The SMILES string of the molecule is C[C@@H](O)c1ccc2ccccc2c1OCc1cc(Br)cs1. The third-order valence-electron chi connectivity index (χ3n) is 3.34. The first-order chi connectivity index (χ1) is 10.1. The van der Waals surface area contributed by atoms with Gasteiger partial charge in [0.25, 0.3) is 0 Å². The molecule has 0 spiro atoms. The summed E-state index contributed by atoms with van der Waals surface area (Å²) in [5.74, 6) is 0.771. The Morgan fingerprint density at radius 1 is 1.24 bits per heavy atom. The third kappa shape index (κ3) is 3.12. The minimum absolute atomic E-state index is 0.504. The number of hydrogen-bond donors (Lipinski definition) is 1. The maximum atomic E-state index is 9.98. The molecule has 1 N–H and O–H groups in total. The molecule has 108 valence electrons. The van der Waals surface area contributed by atoms with E-state index in [1.165, 1.54) is 0 Å². The van der Waals surface area contributed by atoms with E-state index in [4.69, 9.17) is 4.74 Å². The molecular weight excluding hydrogens is 348 g/mol. The number of aliphatic hydroxyl groups excluding tert-OH is 1. The van der Waals surface area contributed by atoms with Crippen LogP contribution in [0, 0.1) is 0 Å². The molecule has 3 rings (SSSR count). The van der Waals surface area contributed by atoms with E-state index in [1.54, 1.807) is 18.3 Å².